The van der Waals surface area contributed by atoms with Gasteiger partial charge in [0.25, 0.3) is 5.91 Å². The molecule has 0 spiro atoms. The van der Waals surface area contributed by atoms with E-state index < -0.39 is 0 Å². The topological polar surface area (TPSA) is 57.0 Å². The number of pyridine rings is 1. The quantitative estimate of drug-likeness (QED) is 0.652. The lowest BCUT2D eigenvalue weighted by molar-refractivity contribution is 0.0811. The largest absolute Gasteiger partial charge is 0.328 e. The molecule has 1 rings (SSSR count). The summed E-state index contributed by atoms with van der Waals surface area (Å²) in [6, 6.07) is 5.34. The minimum Gasteiger partial charge on any atom is -0.328 e. The summed E-state index contributed by atoms with van der Waals surface area (Å²) in [6.45, 7) is 1.86. The molecule has 0 N–H and O–H groups in total. The maximum atomic E-state index is 11.7. The van der Waals surface area contributed by atoms with Gasteiger partial charge in [-0.1, -0.05) is 0 Å². The Balaban J connectivity index is 2.91. The summed E-state index contributed by atoms with van der Waals surface area (Å²) >= 11 is 0. The summed E-state index contributed by atoms with van der Waals surface area (Å²) in [5.41, 5.74) is 1.23. The van der Waals surface area contributed by atoms with Crippen molar-refractivity contribution in [3.63, 3.8) is 0 Å². The van der Waals surface area contributed by atoms with Gasteiger partial charge in [-0.25, -0.2) is 0 Å². The second kappa shape index (κ2) is 4.38. The van der Waals surface area contributed by atoms with Gasteiger partial charge in [-0.2, -0.15) is 5.26 Å². The van der Waals surface area contributed by atoms with Gasteiger partial charge in [-0.15, -0.1) is 0 Å². The second-order valence-corrected chi connectivity index (χ2v) is 2.96. The van der Waals surface area contributed by atoms with Crippen LogP contribution in [0, 0.1) is 18.3 Å². The lowest BCUT2D eigenvalue weighted by atomic mass is 10.2. The molecule has 4 nitrogen and oxygen atoms in total. The van der Waals surface area contributed by atoms with Crippen LogP contribution in [-0.2, 0) is 0 Å². The van der Waals surface area contributed by atoms with E-state index in [1.165, 1.54) is 4.90 Å². The number of carbonyl (C=O) groups is 1. The van der Waals surface area contributed by atoms with E-state index in [4.69, 9.17) is 5.26 Å². The molecule has 0 bridgehead atoms. The zero-order valence-corrected chi connectivity index (χ0v) is 8.19. The molecule has 0 fully saturated rings. The van der Waals surface area contributed by atoms with Crippen molar-refractivity contribution in [1.29, 1.82) is 5.26 Å². The van der Waals surface area contributed by atoms with Crippen LogP contribution < -0.4 is 0 Å². The van der Waals surface area contributed by atoms with Gasteiger partial charge < -0.3 is 4.90 Å². The highest BCUT2D eigenvalue weighted by Crippen LogP contribution is 2.06. The van der Waals surface area contributed by atoms with Gasteiger partial charge in [0.15, 0.2) is 0 Å². The monoisotopic (exact) mass is 189 g/mol. The van der Waals surface area contributed by atoms with Crippen molar-refractivity contribution >= 4 is 5.91 Å². The fraction of sp³-hybridized carbons (Fsp3) is 0.300. The number of hydrogen-bond donors (Lipinski definition) is 0. The molecule has 0 unspecified atom stereocenters. The number of nitrogens with zero attached hydrogens (tertiary/aromatic N) is 3. The van der Waals surface area contributed by atoms with E-state index in [0.717, 1.165) is 0 Å². The SMILES string of the molecule is Cc1ncccc1C(=O)N(C)CC#N. The van der Waals surface area contributed by atoms with Crippen molar-refractivity contribution in [2.45, 2.75) is 6.92 Å². The highest BCUT2D eigenvalue weighted by molar-refractivity contribution is 5.95. The van der Waals surface area contributed by atoms with Crippen LogP contribution in [-0.4, -0.2) is 29.4 Å². The first-order chi connectivity index (χ1) is 6.66. The third-order valence-corrected chi connectivity index (χ3v) is 1.89. The molecule has 0 saturated heterocycles. The van der Waals surface area contributed by atoms with Crippen molar-refractivity contribution in [3.05, 3.63) is 29.6 Å². The van der Waals surface area contributed by atoms with E-state index in [1.54, 1.807) is 32.3 Å². The maximum Gasteiger partial charge on any atom is 0.256 e. The third-order valence-electron chi connectivity index (χ3n) is 1.89. The predicted octanol–water partition coefficient (Wildman–Crippen LogP) is 0.986. The Morgan fingerprint density at radius 3 is 3.00 bits per heavy atom. The summed E-state index contributed by atoms with van der Waals surface area (Å²) in [6.07, 6.45) is 1.64. The zero-order valence-electron chi connectivity index (χ0n) is 8.19. The first-order valence-corrected chi connectivity index (χ1v) is 4.21. The van der Waals surface area contributed by atoms with E-state index in [2.05, 4.69) is 4.98 Å². The average Bonchev–Trinajstić information content (AvgIpc) is 2.18. The van der Waals surface area contributed by atoms with E-state index in [-0.39, 0.29) is 12.5 Å². The third kappa shape index (κ3) is 2.07. The van der Waals surface area contributed by atoms with Gasteiger partial charge >= 0.3 is 0 Å². The second-order valence-electron chi connectivity index (χ2n) is 2.96. The molecule has 1 aromatic rings. The Morgan fingerprint density at radius 2 is 2.43 bits per heavy atom. The van der Waals surface area contributed by atoms with E-state index in [1.807, 2.05) is 6.07 Å². The predicted molar refractivity (Wildman–Crippen MR) is 51.5 cm³/mol. The first-order valence-electron chi connectivity index (χ1n) is 4.21. The van der Waals surface area contributed by atoms with Crippen LogP contribution in [0.4, 0.5) is 0 Å². The molecule has 0 radical (unpaired) electrons. The van der Waals surface area contributed by atoms with E-state index in [9.17, 15) is 4.79 Å². The van der Waals surface area contributed by atoms with Gasteiger partial charge in [0.05, 0.1) is 11.6 Å². The molecule has 0 saturated carbocycles. The van der Waals surface area contributed by atoms with Gasteiger partial charge in [0, 0.05) is 18.9 Å². The summed E-state index contributed by atoms with van der Waals surface area (Å²) in [5, 5.41) is 8.44. The molecule has 14 heavy (non-hydrogen) atoms. The van der Waals surface area contributed by atoms with Gasteiger partial charge in [0.2, 0.25) is 0 Å². The molecular formula is C10H11N3O. The molecule has 72 valence electrons. The minimum atomic E-state index is -0.169. The van der Waals surface area contributed by atoms with Crippen molar-refractivity contribution in [2.24, 2.45) is 0 Å². The molecule has 0 atom stereocenters. The molecule has 1 aromatic heterocycles. The van der Waals surface area contributed by atoms with Crippen LogP contribution in [0.5, 0.6) is 0 Å². The number of rotatable bonds is 2. The number of amides is 1. The van der Waals surface area contributed by atoms with Crippen molar-refractivity contribution in [3.8, 4) is 6.07 Å². The molecule has 1 amide bonds. The Kier molecular flexibility index (Phi) is 3.19. The van der Waals surface area contributed by atoms with Crippen LogP contribution in [0.3, 0.4) is 0 Å². The molecule has 4 heteroatoms. The Bertz CT molecular complexity index is 381. The van der Waals surface area contributed by atoms with Crippen molar-refractivity contribution in [2.75, 3.05) is 13.6 Å². The number of aromatic nitrogens is 1. The van der Waals surface area contributed by atoms with E-state index >= 15 is 0 Å². The highest BCUT2D eigenvalue weighted by Gasteiger charge is 2.13. The normalized spacial score (nSPS) is 9.21. The lowest BCUT2D eigenvalue weighted by Crippen LogP contribution is -2.27. The summed E-state index contributed by atoms with van der Waals surface area (Å²) in [5.74, 6) is -0.169. The Hall–Kier alpha value is -1.89. The maximum absolute atomic E-state index is 11.7. The molecule has 0 aromatic carbocycles. The lowest BCUT2D eigenvalue weighted by Gasteiger charge is -2.13. The highest BCUT2D eigenvalue weighted by atomic mass is 16.2. The molecule has 0 aliphatic carbocycles. The van der Waals surface area contributed by atoms with Crippen molar-refractivity contribution in [1.82, 2.24) is 9.88 Å². The number of hydrogen-bond acceptors (Lipinski definition) is 3. The average molecular weight is 189 g/mol. The Morgan fingerprint density at radius 1 is 1.71 bits per heavy atom. The van der Waals surface area contributed by atoms with Crippen molar-refractivity contribution < 1.29 is 4.79 Å². The van der Waals surface area contributed by atoms with Gasteiger partial charge in [0.1, 0.15) is 6.54 Å². The first kappa shape index (κ1) is 10.2. The number of aryl methyl sites for hydroxylation is 1. The zero-order chi connectivity index (χ0) is 10.6. The summed E-state index contributed by atoms with van der Waals surface area (Å²) in [4.78, 5) is 17.1. The van der Waals surface area contributed by atoms with Crippen LogP contribution in [0.15, 0.2) is 18.3 Å². The van der Waals surface area contributed by atoms with Crippen LogP contribution >= 0.6 is 0 Å². The van der Waals surface area contributed by atoms with Crippen LogP contribution in [0.2, 0.25) is 0 Å². The van der Waals surface area contributed by atoms with Gasteiger partial charge in [-0.05, 0) is 19.1 Å². The van der Waals surface area contributed by atoms with Gasteiger partial charge in [-0.3, -0.25) is 9.78 Å². The summed E-state index contributed by atoms with van der Waals surface area (Å²) < 4.78 is 0. The fourth-order valence-corrected chi connectivity index (χ4v) is 1.09. The number of nitriles is 1. The van der Waals surface area contributed by atoms with Crippen LogP contribution in [0.1, 0.15) is 16.1 Å². The molecule has 0 aliphatic rings. The van der Waals surface area contributed by atoms with E-state index in [0.29, 0.717) is 11.3 Å². The minimum absolute atomic E-state index is 0.0904. The molecular weight excluding hydrogens is 178 g/mol. The molecule has 0 aliphatic heterocycles. The molecule has 1 heterocycles. The van der Waals surface area contributed by atoms with Crippen LogP contribution in [0.25, 0.3) is 0 Å². The standard InChI is InChI=1S/C10H11N3O/c1-8-9(4-3-6-12-8)10(14)13(2)7-5-11/h3-4,6H,7H2,1-2H3. The fourth-order valence-electron chi connectivity index (χ4n) is 1.09. The smallest absolute Gasteiger partial charge is 0.256 e. The number of carbonyl (C=O) groups excluding carboxylic acids is 1. The Labute approximate surface area is 82.8 Å². The summed E-state index contributed by atoms with van der Waals surface area (Å²) in [7, 11) is 1.60.